The van der Waals surface area contributed by atoms with Crippen LogP contribution in [0.4, 0.5) is 0 Å². The van der Waals surface area contributed by atoms with Gasteiger partial charge in [0.15, 0.2) is 9.84 Å². The summed E-state index contributed by atoms with van der Waals surface area (Å²) in [6.07, 6.45) is 11.6. The molecule has 2 heterocycles. The predicted molar refractivity (Wildman–Crippen MR) is 109 cm³/mol. The third-order valence-electron chi connectivity index (χ3n) is 6.15. The second-order valence-electron chi connectivity index (χ2n) is 7.93. The fourth-order valence-corrected chi connectivity index (χ4v) is 5.77. The number of benzene rings is 1. The molecule has 1 aromatic rings. The van der Waals surface area contributed by atoms with E-state index < -0.39 is 9.84 Å². The van der Waals surface area contributed by atoms with Gasteiger partial charge in [0, 0.05) is 23.9 Å². The molecule has 2 atom stereocenters. The molecule has 4 nitrogen and oxygen atoms in total. The fraction of sp³-hybridized carbons (Fsp3) is 0.455. The van der Waals surface area contributed by atoms with Gasteiger partial charge in [0.2, 0.25) is 0 Å². The summed E-state index contributed by atoms with van der Waals surface area (Å²) < 4.78 is 25.1. The highest BCUT2D eigenvalue weighted by atomic mass is 32.2. The van der Waals surface area contributed by atoms with E-state index in [1.54, 1.807) is 24.3 Å². The topological polar surface area (TPSA) is 49.4 Å². The molecule has 0 aromatic heterocycles. The Labute approximate surface area is 162 Å². The van der Waals surface area contributed by atoms with Gasteiger partial charge in [-0.2, -0.15) is 0 Å². The van der Waals surface area contributed by atoms with Crippen LogP contribution in [-0.2, 0) is 9.84 Å². The summed E-state index contributed by atoms with van der Waals surface area (Å²) in [6.45, 7) is 1.20. The van der Waals surface area contributed by atoms with Gasteiger partial charge in [-0.05, 0) is 69.5 Å². The Morgan fingerprint density at radius 2 is 2.00 bits per heavy atom. The predicted octanol–water partition coefficient (Wildman–Crippen LogP) is 3.65. The first kappa shape index (κ1) is 18.5. The average Bonchev–Trinajstić information content (AvgIpc) is 3.27. The smallest absolute Gasteiger partial charge is 0.178 e. The normalized spacial score (nSPS) is 25.4. The first-order chi connectivity index (χ1) is 13.0. The zero-order valence-electron chi connectivity index (χ0n) is 15.9. The van der Waals surface area contributed by atoms with Crippen LogP contribution in [0.15, 0.2) is 70.4 Å². The molecular formula is C22H28N2O2S. The van der Waals surface area contributed by atoms with Gasteiger partial charge in [0.1, 0.15) is 0 Å². The van der Waals surface area contributed by atoms with Crippen molar-refractivity contribution in [2.24, 2.45) is 5.92 Å². The maximum Gasteiger partial charge on any atom is 0.178 e. The van der Waals surface area contributed by atoms with E-state index in [2.05, 4.69) is 35.6 Å². The van der Waals surface area contributed by atoms with E-state index in [1.807, 2.05) is 6.07 Å². The van der Waals surface area contributed by atoms with Gasteiger partial charge in [-0.3, -0.25) is 0 Å². The standard InChI is InChI=1S/C22H28N2O2S/c1-24-12-5-6-19(24)15-18-16-23-22-10-9-17(14-21(18)22)11-13-27(25,26)20-7-3-2-4-8-20/h2-4,7-10,16,19,21,23H,5-6,11-15H2,1H3/t19-,21?/m1/s1. The average molecular weight is 385 g/mol. The lowest BCUT2D eigenvalue weighted by atomic mass is 9.84. The van der Waals surface area contributed by atoms with Gasteiger partial charge in [0.05, 0.1) is 10.6 Å². The van der Waals surface area contributed by atoms with Crippen molar-refractivity contribution in [3.63, 3.8) is 0 Å². The number of hydrogen-bond donors (Lipinski definition) is 1. The maximum absolute atomic E-state index is 12.6. The molecule has 1 fully saturated rings. The molecule has 1 aliphatic carbocycles. The molecule has 0 amide bonds. The van der Waals surface area contributed by atoms with E-state index >= 15 is 0 Å². The summed E-state index contributed by atoms with van der Waals surface area (Å²) in [6, 6.07) is 9.42. The van der Waals surface area contributed by atoms with E-state index in [0.29, 0.717) is 23.3 Å². The van der Waals surface area contributed by atoms with Crippen molar-refractivity contribution in [3.8, 4) is 0 Å². The maximum atomic E-state index is 12.6. The molecule has 0 radical (unpaired) electrons. The van der Waals surface area contributed by atoms with Crippen molar-refractivity contribution in [1.29, 1.82) is 0 Å². The van der Waals surface area contributed by atoms with Crippen LogP contribution in [0.2, 0.25) is 0 Å². The Hall–Kier alpha value is -1.85. The van der Waals surface area contributed by atoms with Crippen LogP contribution in [0.1, 0.15) is 32.1 Å². The number of likely N-dealkylation sites (tertiary alicyclic amines) is 1. The summed E-state index contributed by atoms with van der Waals surface area (Å²) in [7, 11) is -0.999. The SMILES string of the molecule is CN1CCC[C@@H]1CC1=CNC2=CC=C(CCS(=O)(=O)c3ccccc3)CC12. The van der Waals surface area contributed by atoms with Gasteiger partial charge < -0.3 is 10.2 Å². The molecule has 0 saturated carbocycles. The first-order valence-corrected chi connectivity index (χ1v) is 11.5. The third kappa shape index (κ3) is 4.04. The molecule has 144 valence electrons. The zero-order valence-corrected chi connectivity index (χ0v) is 16.7. The van der Waals surface area contributed by atoms with Crippen LogP contribution in [0.5, 0.6) is 0 Å². The van der Waals surface area contributed by atoms with Gasteiger partial charge in [-0.25, -0.2) is 8.42 Å². The largest absolute Gasteiger partial charge is 0.365 e. The first-order valence-electron chi connectivity index (χ1n) is 9.86. The highest BCUT2D eigenvalue weighted by molar-refractivity contribution is 7.91. The van der Waals surface area contributed by atoms with E-state index in [4.69, 9.17) is 0 Å². The third-order valence-corrected chi connectivity index (χ3v) is 7.88. The lowest BCUT2D eigenvalue weighted by Gasteiger charge is -2.25. The number of allylic oxidation sites excluding steroid dienone is 4. The van der Waals surface area contributed by atoms with Crippen molar-refractivity contribution in [2.45, 2.75) is 43.0 Å². The quantitative estimate of drug-likeness (QED) is 0.813. The summed E-state index contributed by atoms with van der Waals surface area (Å²) in [5, 5.41) is 3.43. The minimum Gasteiger partial charge on any atom is -0.365 e. The second-order valence-corrected chi connectivity index (χ2v) is 10.0. The number of rotatable bonds is 6. The van der Waals surface area contributed by atoms with Crippen LogP contribution >= 0.6 is 0 Å². The Morgan fingerprint density at radius 1 is 1.19 bits per heavy atom. The van der Waals surface area contributed by atoms with E-state index in [9.17, 15) is 8.42 Å². The van der Waals surface area contributed by atoms with E-state index in [0.717, 1.165) is 12.8 Å². The van der Waals surface area contributed by atoms with Gasteiger partial charge >= 0.3 is 0 Å². The molecule has 3 aliphatic rings. The van der Waals surface area contributed by atoms with Crippen molar-refractivity contribution >= 4 is 9.84 Å². The molecule has 0 spiro atoms. The Morgan fingerprint density at radius 3 is 2.74 bits per heavy atom. The molecule has 5 heteroatoms. The number of nitrogens with one attached hydrogen (secondary N) is 1. The number of hydrogen-bond acceptors (Lipinski definition) is 4. The highest BCUT2D eigenvalue weighted by Gasteiger charge is 2.31. The summed E-state index contributed by atoms with van der Waals surface area (Å²) in [5.74, 6) is 0.578. The van der Waals surface area contributed by atoms with Gasteiger partial charge in [-0.15, -0.1) is 0 Å². The second kappa shape index (κ2) is 7.64. The van der Waals surface area contributed by atoms with Crippen molar-refractivity contribution < 1.29 is 8.42 Å². The molecule has 0 bridgehead atoms. The minimum atomic E-state index is -3.22. The highest BCUT2D eigenvalue weighted by Crippen LogP contribution is 2.38. The Kier molecular flexibility index (Phi) is 5.24. The van der Waals surface area contributed by atoms with Crippen LogP contribution < -0.4 is 5.32 Å². The number of fused-ring (bicyclic) bond motifs is 1. The number of nitrogens with zero attached hydrogens (tertiary/aromatic N) is 1. The molecule has 1 N–H and O–H groups in total. The van der Waals surface area contributed by atoms with Crippen LogP contribution in [-0.4, -0.2) is 38.7 Å². The van der Waals surface area contributed by atoms with Crippen LogP contribution in [0, 0.1) is 5.92 Å². The van der Waals surface area contributed by atoms with E-state index in [1.165, 1.54) is 36.2 Å². The van der Waals surface area contributed by atoms with Crippen LogP contribution in [0.3, 0.4) is 0 Å². The minimum absolute atomic E-state index is 0.177. The molecular weight excluding hydrogens is 356 g/mol. The molecule has 2 aliphatic heterocycles. The summed E-state index contributed by atoms with van der Waals surface area (Å²) >= 11 is 0. The molecule has 1 unspecified atom stereocenters. The monoisotopic (exact) mass is 384 g/mol. The van der Waals surface area contributed by atoms with Crippen LogP contribution in [0.25, 0.3) is 0 Å². The summed E-state index contributed by atoms with van der Waals surface area (Å²) in [5.41, 5.74) is 3.97. The Balaban J connectivity index is 1.38. The molecule has 1 saturated heterocycles. The molecule has 27 heavy (non-hydrogen) atoms. The molecule has 1 aromatic carbocycles. The van der Waals surface area contributed by atoms with E-state index in [-0.39, 0.29) is 5.75 Å². The van der Waals surface area contributed by atoms with Gasteiger partial charge in [0.25, 0.3) is 0 Å². The molecule has 4 rings (SSSR count). The van der Waals surface area contributed by atoms with Gasteiger partial charge in [-0.1, -0.05) is 29.8 Å². The fourth-order valence-electron chi connectivity index (χ4n) is 4.43. The van der Waals surface area contributed by atoms with Crippen molar-refractivity contribution in [3.05, 3.63) is 65.5 Å². The lowest BCUT2D eigenvalue weighted by Crippen LogP contribution is -2.26. The Bertz CT molecular complexity index is 884. The lowest BCUT2D eigenvalue weighted by molar-refractivity contribution is 0.305. The zero-order chi connectivity index (χ0) is 18.9. The van der Waals surface area contributed by atoms with Crippen molar-refractivity contribution in [2.75, 3.05) is 19.3 Å². The summed E-state index contributed by atoms with van der Waals surface area (Å²) in [4.78, 5) is 2.89. The number of sulfone groups is 1. The van der Waals surface area contributed by atoms with Crippen molar-refractivity contribution in [1.82, 2.24) is 10.2 Å².